The number of hydrogen-bond acceptors (Lipinski definition) is 2. The van der Waals surface area contributed by atoms with Gasteiger partial charge in [-0.3, -0.25) is 0 Å². The second-order valence-corrected chi connectivity index (χ2v) is 5.11. The fourth-order valence-corrected chi connectivity index (χ4v) is 2.44. The highest BCUT2D eigenvalue weighted by Gasteiger charge is 2.29. The van der Waals surface area contributed by atoms with E-state index in [1.165, 1.54) is 12.0 Å². The molecule has 0 atom stereocenters. The van der Waals surface area contributed by atoms with Crippen LogP contribution in [-0.2, 0) is 6.42 Å². The Morgan fingerprint density at radius 3 is 2.50 bits per heavy atom. The molecule has 0 aliphatic carbocycles. The number of hydrogen-bond donors (Lipinski definition) is 1. The van der Waals surface area contributed by atoms with Crippen molar-refractivity contribution in [3.63, 3.8) is 0 Å². The van der Waals surface area contributed by atoms with Crippen LogP contribution in [0.2, 0.25) is 0 Å². The smallest absolute Gasteiger partial charge is 0.127 e. The van der Waals surface area contributed by atoms with Gasteiger partial charge in [-0.15, -0.1) is 6.42 Å². The standard InChI is InChI=1S/C16H21NO/c1-2-16(18)10-13-17(14-11-16)12-6-9-15-7-4-3-5-8-15/h1,3-5,7-8,18H,6,9-14H2. The van der Waals surface area contributed by atoms with Crippen LogP contribution in [0.4, 0.5) is 0 Å². The Morgan fingerprint density at radius 2 is 1.89 bits per heavy atom. The van der Waals surface area contributed by atoms with Crippen molar-refractivity contribution in [3.05, 3.63) is 35.9 Å². The Hall–Kier alpha value is -1.30. The van der Waals surface area contributed by atoms with E-state index in [4.69, 9.17) is 6.42 Å². The summed E-state index contributed by atoms with van der Waals surface area (Å²) in [5.41, 5.74) is 0.547. The summed E-state index contributed by atoms with van der Waals surface area (Å²) in [7, 11) is 0. The van der Waals surface area contributed by atoms with Crippen LogP contribution in [0, 0.1) is 12.3 Å². The number of piperidine rings is 1. The zero-order chi connectivity index (χ0) is 12.8. The molecule has 1 aromatic rings. The van der Waals surface area contributed by atoms with E-state index in [1.54, 1.807) is 0 Å². The number of rotatable bonds is 4. The molecule has 0 spiro atoms. The summed E-state index contributed by atoms with van der Waals surface area (Å²) in [5, 5.41) is 9.94. The van der Waals surface area contributed by atoms with Gasteiger partial charge in [0.15, 0.2) is 0 Å². The van der Waals surface area contributed by atoms with Gasteiger partial charge in [-0.1, -0.05) is 36.3 Å². The minimum atomic E-state index is -0.851. The highest BCUT2D eigenvalue weighted by Crippen LogP contribution is 2.21. The lowest BCUT2D eigenvalue weighted by atomic mass is 9.92. The second-order valence-electron chi connectivity index (χ2n) is 5.11. The molecule has 0 amide bonds. The third-order valence-corrected chi connectivity index (χ3v) is 3.73. The summed E-state index contributed by atoms with van der Waals surface area (Å²) in [5.74, 6) is 2.51. The Kier molecular flexibility index (Phi) is 4.41. The quantitative estimate of drug-likeness (QED) is 0.818. The Balaban J connectivity index is 1.69. The zero-order valence-corrected chi connectivity index (χ0v) is 10.8. The van der Waals surface area contributed by atoms with Gasteiger partial charge in [0.2, 0.25) is 0 Å². The summed E-state index contributed by atoms with van der Waals surface area (Å²) in [6.45, 7) is 2.92. The minimum Gasteiger partial charge on any atom is -0.378 e. The van der Waals surface area contributed by atoms with Crippen LogP contribution in [0.1, 0.15) is 24.8 Å². The van der Waals surface area contributed by atoms with Crippen molar-refractivity contribution < 1.29 is 5.11 Å². The van der Waals surface area contributed by atoms with E-state index in [-0.39, 0.29) is 0 Å². The van der Waals surface area contributed by atoms with Gasteiger partial charge in [-0.05, 0) is 24.9 Å². The first-order valence-corrected chi connectivity index (χ1v) is 6.68. The predicted octanol–water partition coefficient (Wildman–Crippen LogP) is 2.08. The number of likely N-dealkylation sites (tertiary alicyclic amines) is 1. The van der Waals surface area contributed by atoms with Crippen molar-refractivity contribution in [2.75, 3.05) is 19.6 Å². The van der Waals surface area contributed by atoms with E-state index in [2.05, 4.69) is 41.2 Å². The zero-order valence-electron chi connectivity index (χ0n) is 10.8. The third-order valence-electron chi connectivity index (χ3n) is 3.73. The first kappa shape index (κ1) is 13.1. The number of aryl methyl sites for hydroxylation is 1. The molecule has 1 aliphatic rings. The molecule has 1 aromatic carbocycles. The van der Waals surface area contributed by atoms with Crippen molar-refractivity contribution in [2.45, 2.75) is 31.3 Å². The molecule has 0 aromatic heterocycles. The molecule has 0 bridgehead atoms. The molecule has 1 aliphatic heterocycles. The fraction of sp³-hybridized carbons (Fsp3) is 0.500. The number of nitrogens with zero attached hydrogens (tertiary/aromatic N) is 1. The molecule has 18 heavy (non-hydrogen) atoms. The summed E-state index contributed by atoms with van der Waals surface area (Å²) in [6.07, 6.45) is 9.03. The Bertz CT molecular complexity index is 399. The van der Waals surface area contributed by atoms with Crippen LogP contribution in [0.3, 0.4) is 0 Å². The van der Waals surface area contributed by atoms with Crippen LogP contribution in [0.5, 0.6) is 0 Å². The molecule has 1 heterocycles. The van der Waals surface area contributed by atoms with Crippen molar-refractivity contribution in [3.8, 4) is 12.3 Å². The van der Waals surface area contributed by atoms with Gasteiger partial charge >= 0.3 is 0 Å². The first-order chi connectivity index (χ1) is 8.72. The maximum Gasteiger partial charge on any atom is 0.127 e. The maximum absolute atomic E-state index is 9.94. The van der Waals surface area contributed by atoms with E-state index >= 15 is 0 Å². The lowest BCUT2D eigenvalue weighted by molar-refractivity contribution is 0.0270. The summed E-state index contributed by atoms with van der Waals surface area (Å²) in [4.78, 5) is 2.40. The lowest BCUT2D eigenvalue weighted by Crippen LogP contribution is -2.43. The number of benzene rings is 1. The number of terminal acetylenes is 1. The maximum atomic E-state index is 9.94. The van der Waals surface area contributed by atoms with Crippen LogP contribution in [-0.4, -0.2) is 35.2 Å². The van der Waals surface area contributed by atoms with E-state index in [1.807, 2.05) is 0 Å². The normalized spacial score (nSPS) is 19.3. The molecular formula is C16H21NO. The largest absolute Gasteiger partial charge is 0.378 e. The van der Waals surface area contributed by atoms with Crippen molar-refractivity contribution in [2.24, 2.45) is 0 Å². The molecule has 1 saturated heterocycles. The van der Waals surface area contributed by atoms with Crippen LogP contribution < -0.4 is 0 Å². The third kappa shape index (κ3) is 3.60. The Morgan fingerprint density at radius 1 is 1.22 bits per heavy atom. The van der Waals surface area contributed by atoms with Crippen LogP contribution in [0.15, 0.2) is 30.3 Å². The van der Waals surface area contributed by atoms with Gasteiger partial charge < -0.3 is 10.0 Å². The van der Waals surface area contributed by atoms with Crippen molar-refractivity contribution in [1.82, 2.24) is 4.90 Å². The second kappa shape index (κ2) is 6.04. The summed E-state index contributed by atoms with van der Waals surface area (Å²) >= 11 is 0. The molecule has 0 radical (unpaired) electrons. The molecule has 2 heteroatoms. The van der Waals surface area contributed by atoms with Gasteiger partial charge in [0, 0.05) is 25.9 Å². The Labute approximate surface area is 110 Å². The monoisotopic (exact) mass is 243 g/mol. The first-order valence-electron chi connectivity index (χ1n) is 6.68. The lowest BCUT2D eigenvalue weighted by Gasteiger charge is -2.34. The summed E-state index contributed by atoms with van der Waals surface area (Å²) < 4.78 is 0. The van der Waals surface area contributed by atoms with E-state index in [9.17, 15) is 5.11 Å². The molecule has 2 nitrogen and oxygen atoms in total. The highest BCUT2D eigenvalue weighted by molar-refractivity contribution is 5.14. The fourth-order valence-electron chi connectivity index (χ4n) is 2.44. The SMILES string of the molecule is C#CC1(O)CCN(CCCc2ccccc2)CC1. The van der Waals surface area contributed by atoms with Crippen molar-refractivity contribution >= 4 is 0 Å². The number of aliphatic hydroxyl groups is 1. The van der Waals surface area contributed by atoms with Crippen LogP contribution in [0.25, 0.3) is 0 Å². The molecule has 1 fully saturated rings. The van der Waals surface area contributed by atoms with E-state index < -0.39 is 5.60 Å². The van der Waals surface area contributed by atoms with Gasteiger partial charge in [-0.25, -0.2) is 0 Å². The summed E-state index contributed by atoms with van der Waals surface area (Å²) in [6, 6.07) is 10.6. The molecule has 2 rings (SSSR count). The minimum absolute atomic E-state index is 0.703. The topological polar surface area (TPSA) is 23.5 Å². The van der Waals surface area contributed by atoms with Gasteiger partial charge in [0.05, 0.1) is 0 Å². The molecule has 1 N–H and O–H groups in total. The highest BCUT2D eigenvalue weighted by atomic mass is 16.3. The van der Waals surface area contributed by atoms with E-state index in [0.29, 0.717) is 12.8 Å². The van der Waals surface area contributed by atoms with Gasteiger partial charge in [-0.2, -0.15) is 0 Å². The van der Waals surface area contributed by atoms with Gasteiger partial charge in [0.1, 0.15) is 5.60 Å². The molecular weight excluding hydrogens is 222 g/mol. The van der Waals surface area contributed by atoms with Crippen molar-refractivity contribution in [1.29, 1.82) is 0 Å². The molecule has 96 valence electrons. The average molecular weight is 243 g/mol. The average Bonchev–Trinajstić information content (AvgIpc) is 2.42. The van der Waals surface area contributed by atoms with E-state index in [0.717, 1.165) is 26.1 Å². The van der Waals surface area contributed by atoms with Crippen LogP contribution >= 0.6 is 0 Å². The molecule has 0 saturated carbocycles. The predicted molar refractivity (Wildman–Crippen MR) is 74.2 cm³/mol. The van der Waals surface area contributed by atoms with Gasteiger partial charge in [0.25, 0.3) is 0 Å². The molecule has 0 unspecified atom stereocenters.